The number of hydrogen-bond donors (Lipinski definition) is 1. The minimum Gasteiger partial charge on any atom is -0.494 e. The molecule has 0 aliphatic carbocycles. The smallest absolute Gasteiger partial charge is 0.274 e. The van der Waals surface area contributed by atoms with Gasteiger partial charge < -0.3 is 10.1 Å². The summed E-state index contributed by atoms with van der Waals surface area (Å²) in [6.07, 6.45) is 0. The lowest BCUT2D eigenvalue weighted by Crippen LogP contribution is -2.24. The highest BCUT2D eigenvalue weighted by atomic mass is 35.5. The standard InChI is InChI=1S/C18H16Cl2N4O2/c1-11-17(18(25)21-10-12-5-3-4-6-14(12)20)22-23-24(11)15-9-13(19)7-8-16(15)26-2/h3-9H,10H2,1-2H3,(H,21,25). The molecule has 1 amide bonds. The SMILES string of the molecule is COc1ccc(Cl)cc1-n1nnc(C(=O)NCc2ccccc2Cl)c1C. The molecule has 8 heteroatoms. The maximum absolute atomic E-state index is 12.5. The number of hydrogen-bond acceptors (Lipinski definition) is 4. The third kappa shape index (κ3) is 3.66. The summed E-state index contributed by atoms with van der Waals surface area (Å²) in [5.74, 6) is 0.236. The Labute approximate surface area is 160 Å². The Hall–Kier alpha value is -2.57. The molecule has 0 bridgehead atoms. The van der Waals surface area contributed by atoms with Crippen LogP contribution in [0.4, 0.5) is 0 Å². The lowest BCUT2D eigenvalue weighted by Gasteiger charge is -2.10. The number of nitrogens with one attached hydrogen (secondary N) is 1. The van der Waals surface area contributed by atoms with E-state index in [1.807, 2.05) is 18.2 Å². The van der Waals surface area contributed by atoms with Crippen LogP contribution in [0.5, 0.6) is 5.75 Å². The van der Waals surface area contributed by atoms with Gasteiger partial charge in [-0.3, -0.25) is 4.79 Å². The van der Waals surface area contributed by atoms with Crippen LogP contribution in [0.1, 0.15) is 21.7 Å². The monoisotopic (exact) mass is 390 g/mol. The first-order chi connectivity index (χ1) is 12.5. The lowest BCUT2D eigenvalue weighted by molar-refractivity contribution is 0.0945. The number of ether oxygens (including phenoxy) is 1. The summed E-state index contributed by atoms with van der Waals surface area (Å²) in [5.41, 5.74) is 2.22. The molecule has 0 spiro atoms. The van der Waals surface area contributed by atoms with Crippen molar-refractivity contribution in [2.75, 3.05) is 7.11 Å². The van der Waals surface area contributed by atoms with E-state index in [0.29, 0.717) is 33.7 Å². The molecule has 0 fully saturated rings. The highest BCUT2D eigenvalue weighted by Crippen LogP contribution is 2.27. The number of rotatable bonds is 5. The number of nitrogens with zero attached hydrogens (tertiary/aromatic N) is 3. The van der Waals surface area contributed by atoms with Gasteiger partial charge in [0.2, 0.25) is 0 Å². The van der Waals surface area contributed by atoms with E-state index in [-0.39, 0.29) is 11.6 Å². The molecule has 2 aromatic carbocycles. The number of methoxy groups -OCH3 is 1. The van der Waals surface area contributed by atoms with Gasteiger partial charge in [0.15, 0.2) is 5.69 Å². The number of aromatic nitrogens is 3. The maximum Gasteiger partial charge on any atom is 0.274 e. The summed E-state index contributed by atoms with van der Waals surface area (Å²) < 4.78 is 6.86. The van der Waals surface area contributed by atoms with Crippen LogP contribution in [0.15, 0.2) is 42.5 Å². The summed E-state index contributed by atoms with van der Waals surface area (Å²) in [7, 11) is 1.55. The minimum atomic E-state index is -0.338. The van der Waals surface area contributed by atoms with Crippen molar-refractivity contribution in [3.05, 3.63) is 69.5 Å². The first-order valence-electron chi connectivity index (χ1n) is 7.79. The Morgan fingerprint density at radius 2 is 2.00 bits per heavy atom. The van der Waals surface area contributed by atoms with Crippen LogP contribution in [-0.4, -0.2) is 28.0 Å². The third-order valence-electron chi connectivity index (χ3n) is 3.88. The van der Waals surface area contributed by atoms with Gasteiger partial charge in [0.1, 0.15) is 11.4 Å². The van der Waals surface area contributed by atoms with Crippen molar-refractivity contribution in [3.63, 3.8) is 0 Å². The van der Waals surface area contributed by atoms with Gasteiger partial charge in [-0.25, -0.2) is 4.68 Å². The van der Waals surface area contributed by atoms with Crippen LogP contribution in [-0.2, 0) is 6.54 Å². The van der Waals surface area contributed by atoms with Gasteiger partial charge in [0, 0.05) is 16.6 Å². The molecular formula is C18H16Cl2N4O2. The van der Waals surface area contributed by atoms with E-state index in [1.54, 1.807) is 38.3 Å². The maximum atomic E-state index is 12.5. The molecule has 3 aromatic rings. The van der Waals surface area contributed by atoms with Gasteiger partial charge >= 0.3 is 0 Å². The predicted octanol–water partition coefficient (Wildman–Crippen LogP) is 3.82. The predicted molar refractivity (Wildman–Crippen MR) is 100 cm³/mol. The van der Waals surface area contributed by atoms with Crippen LogP contribution in [0.2, 0.25) is 10.0 Å². The van der Waals surface area contributed by atoms with Gasteiger partial charge in [0.25, 0.3) is 5.91 Å². The topological polar surface area (TPSA) is 69.0 Å². The van der Waals surface area contributed by atoms with Crippen LogP contribution < -0.4 is 10.1 Å². The van der Waals surface area contributed by atoms with Crippen molar-refractivity contribution in [2.45, 2.75) is 13.5 Å². The summed E-state index contributed by atoms with van der Waals surface area (Å²) in [4.78, 5) is 12.5. The van der Waals surface area contributed by atoms with Gasteiger partial charge in [-0.05, 0) is 36.8 Å². The van der Waals surface area contributed by atoms with Crippen molar-refractivity contribution < 1.29 is 9.53 Å². The Balaban J connectivity index is 1.84. The average Bonchev–Trinajstić information content (AvgIpc) is 3.02. The molecule has 0 unspecified atom stereocenters. The fourth-order valence-electron chi connectivity index (χ4n) is 2.50. The summed E-state index contributed by atoms with van der Waals surface area (Å²) in [5, 5.41) is 12.0. The summed E-state index contributed by atoms with van der Waals surface area (Å²) >= 11 is 12.2. The molecule has 26 heavy (non-hydrogen) atoms. The zero-order chi connectivity index (χ0) is 18.7. The fourth-order valence-corrected chi connectivity index (χ4v) is 2.87. The Morgan fingerprint density at radius 3 is 2.73 bits per heavy atom. The lowest BCUT2D eigenvalue weighted by atomic mass is 10.2. The minimum absolute atomic E-state index is 0.221. The summed E-state index contributed by atoms with van der Waals surface area (Å²) in [6, 6.07) is 12.5. The number of carbonyl (C=O) groups excluding carboxylic acids is 1. The van der Waals surface area contributed by atoms with Crippen molar-refractivity contribution in [2.24, 2.45) is 0 Å². The van der Waals surface area contributed by atoms with Crippen molar-refractivity contribution in [1.82, 2.24) is 20.3 Å². The molecule has 1 N–H and O–H groups in total. The highest BCUT2D eigenvalue weighted by Gasteiger charge is 2.19. The van der Waals surface area contributed by atoms with E-state index in [0.717, 1.165) is 5.56 Å². The molecule has 0 atom stereocenters. The largest absolute Gasteiger partial charge is 0.494 e. The molecule has 0 aliphatic heterocycles. The molecular weight excluding hydrogens is 375 g/mol. The number of benzene rings is 2. The average molecular weight is 391 g/mol. The van der Waals surface area contributed by atoms with E-state index in [9.17, 15) is 4.79 Å². The second-order valence-corrected chi connectivity index (χ2v) is 6.37. The van der Waals surface area contributed by atoms with Crippen LogP contribution in [0, 0.1) is 6.92 Å². The molecule has 3 rings (SSSR count). The van der Waals surface area contributed by atoms with Crippen molar-refractivity contribution in [3.8, 4) is 11.4 Å². The zero-order valence-corrected chi connectivity index (χ0v) is 15.7. The molecule has 0 aliphatic rings. The van der Waals surface area contributed by atoms with Gasteiger partial charge in [-0.15, -0.1) is 5.10 Å². The molecule has 1 aromatic heterocycles. The molecule has 6 nitrogen and oxygen atoms in total. The normalized spacial score (nSPS) is 10.6. The number of halogens is 2. The number of carbonyl (C=O) groups is 1. The highest BCUT2D eigenvalue weighted by molar-refractivity contribution is 6.31. The fraction of sp³-hybridized carbons (Fsp3) is 0.167. The Morgan fingerprint density at radius 1 is 1.23 bits per heavy atom. The van der Waals surface area contributed by atoms with Gasteiger partial charge in [-0.1, -0.05) is 46.6 Å². The Kier molecular flexibility index (Phi) is 5.44. The van der Waals surface area contributed by atoms with E-state index >= 15 is 0 Å². The van der Waals surface area contributed by atoms with E-state index < -0.39 is 0 Å². The van der Waals surface area contributed by atoms with E-state index in [1.165, 1.54) is 4.68 Å². The van der Waals surface area contributed by atoms with Crippen LogP contribution in [0.3, 0.4) is 0 Å². The molecule has 134 valence electrons. The summed E-state index contributed by atoms with van der Waals surface area (Å²) in [6.45, 7) is 2.05. The van der Waals surface area contributed by atoms with Crippen molar-refractivity contribution in [1.29, 1.82) is 0 Å². The first-order valence-corrected chi connectivity index (χ1v) is 8.54. The van der Waals surface area contributed by atoms with Gasteiger partial charge in [0.05, 0.1) is 12.8 Å². The van der Waals surface area contributed by atoms with Gasteiger partial charge in [-0.2, -0.15) is 0 Å². The third-order valence-corrected chi connectivity index (χ3v) is 4.48. The molecule has 0 radical (unpaired) electrons. The van der Waals surface area contributed by atoms with Crippen LogP contribution in [0.25, 0.3) is 5.69 Å². The first kappa shape index (κ1) is 18.2. The van der Waals surface area contributed by atoms with Crippen molar-refractivity contribution >= 4 is 29.1 Å². The zero-order valence-electron chi connectivity index (χ0n) is 14.2. The Bertz CT molecular complexity index is 956. The van der Waals surface area contributed by atoms with E-state index in [4.69, 9.17) is 27.9 Å². The molecule has 0 saturated heterocycles. The van der Waals surface area contributed by atoms with Crippen LogP contribution >= 0.6 is 23.2 Å². The second kappa shape index (κ2) is 7.76. The quantitative estimate of drug-likeness (QED) is 0.718. The molecule has 0 saturated carbocycles. The molecule has 1 heterocycles. The van der Waals surface area contributed by atoms with E-state index in [2.05, 4.69) is 15.6 Å². The second-order valence-electron chi connectivity index (χ2n) is 5.53. The number of amides is 1.